The maximum atomic E-state index is 12.0. The molecule has 24 heavy (non-hydrogen) atoms. The van der Waals surface area contributed by atoms with E-state index in [9.17, 15) is 14.4 Å². The van der Waals surface area contributed by atoms with Crippen molar-refractivity contribution in [2.24, 2.45) is 0 Å². The van der Waals surface area contributed by atoms with Crippen LogP contribution in [0.5, 0.6) is 5.75 Å². The number of fused-ring (bicyclic) bond motifs is 1. The second kappa shape index (κ2) is 6.86. The summed E-state index contributed by atoms with van der Waals surface area (Å²) in [6.45, 7) is 0.0776. The Kier molecular flexibility index (Phi) is 4.46. The maximum Gasteiger partial charge on any atom is 0.327 e. The van der Waals surface area contributed by atoms with Crippen LogP contribution in [-0.2, 0) is 27.3 Å². The van der Waals surface area contributed by atoms with Crippen LogP contribution < -0.4 is 20.9 Å². The average molecular weight is 329 g/mol. The minimum absolute atomic E-state index is 0.0776. The minimum atomic E-state index is -0.981. The molecule has 0 fully saturated rings. The van der Waals surface area contributed by atoms with Crippen LogP contribution in [0, 0.1) is 0 Å². The number of para-hydroxylation sites is 1. The van der Waals surface area contributed by atoms with E-state index in [4.69, 9.17) is 9.15 Å². The van der Waals surface area contributed by atoms with Gasteiger partial charge in [0.25, 0.3) is 5.91 Å². The highest BCUT2D eigenvalue weighted by Crippen LogP contribution is 2.27. The molecular formula is C16H15N3O5. The smallest absolute Gasteiger partial charge is 0.327 e. The van der Waals surface area contributed by atoms with Crippen molar-refractivity contribution in [2.75, 3.05) is 0 Å². The summed E-state index contributed by atoms with van der Waals surface area (Å²) in [5.74, 6) is -1.25. The van der Waals surface area contributed by atoms with Gasteiger partial charge in [-0.1, -0.05) is 18.2 Å². The molecule has 2 heterocycles. The molecule has 0 radical (unpaired) electrons. The van der Waals surface area contributed by atoms with Gasteiger partial charge in [-0.2, -0.15) is 0 Å². The van der Waals surface area contributed by atoms with Crippen LogP contribution in [0.1, 0.15) is 11.3 Å². The number of carbonyl (C=O) groups is 3. The molecule has 3 N–H and O–H groups in total. The highest BCUT2D eigenvalue weighted by molar-refractivity contribution is 6.35. The zero-order valence-corrected chi connectivity index (χ0v) is 12.6. The van der Waals surface area contributed by atoms with E-state index in [0.717, 1.165) is 5.56 Å². The van der Waals surface area contributed by atoms with E-state index in [1.807, 2.05) is 18.2 Å². The first-order chi connectivity index (χ1) is 11.6. The number of carbonyl (C=O) groups excluding carboxylic acids is 3. The highest BCUT2D eigenvalue weighted by atomic mass is 16.5. The predicted molar refractivity (Wildman–Crippen MR) is 81.4 cm³/mol. The molecule has 3 amide bonds. The molecule has 8 nitrogen and oxygen atoms in total. The Morgan fingerprint density at radius 1 is 1.04 bits per heavy atom. The Morgan fingerprint density at radius 2 is 1.88 bits per heavy atom. The Balaban J connectivity index is 1.43. The quantitative estimate of drug-likeness (QED) is 0.544. The SMILES string of the molecule is O=C(NCc1ccco1)C(=O)NNC(=O)[C@@H]1Cc2ccccc2O1. The van der Waals surface area contributed by atoms with Gasteiger partial charge >= 0.3 is 11.8 Å². The van der Waals surface area contributed by atoms with Gasteiger partial charge in [0.1, 0.15) is 11.5 Å². The van der Waals surface area contributed by atoms with Crippen LogP contribution in [0.4, 0.5) is 0 Å². The Hall–Kier alpha value is -3.29. The third-order valence-corrected chi connectivity index (χ3v) is 3.45. The third-order valence-electron chi connectivity index (χ3n) is 3.45. The molecule has 0 saturated heterocycles. The van der Waals surface area contributed by atoms with E-state index < -0.39 is 23.8 Å². The number of hydrogen-bond acceptors (Lipinski definition) is 5. The van der Waals surface area contributed by atoms with Crippen molar-refractivity contribution in [3.63, 3.8) is 0 Å². The van der Waals surface area contributed by atoms with Crippen LogP contribution in [0.15, 0.2) is 47.1 Å². The van der Waals surface area contributed by atoms with E-state index >= 15 is 0 Å². The molecule has 0 aliphatic carbocycles. The van der Waals surface area contributed by atoms with Gasteiger partial charge in [0.15, 0.2) is 6.10 Å². The van der Waals surface area contributed by atoms with Crippen molar-refractivity contribution in [2.45, 2.75) is 19.1 Å². The van der Waals surface area contributed by atoms with E-state index in [2.05, 4.69) is 16.2 Å². The fourth-order valence-corrected chi connectivity index (χ4v) is 2.24. The molecule has 0 bridgehead atoms. The first-order valence-corrected chi connectivity index (χ1v) is 7.28. The molecule has 1 aromatic carbocycles. The monoisotopic (exact) mass is 329 g/mol. The van der Waals surface area contributed by atoms with Crippen molar-refractivity contribution in [3.8, 4) is 5.75 Å². The zero-order chi connectivity index (χ0) is 16.9. The molecule has 0 saturated carbocycles. The molecule has 0 unspecified atom stereocenters. The summed E-state index contributed by atoms with van der Waals surface area (Å²) < 4.78 is 10.5. The van der Waals surface area contributed by atoms with Crippen molar-refractivity contribution in [3.05, 3.63) is 54.0 Å². The van der Waals surface area contributed by atoms with Crippen LogP contribution in [-0.4, -0.2) is 23.8 Å². The van der Waals surface area contributed by atoms with Gasteiger partial charge in [0.2, 0.25) is 0 Å². The second-order valence-corrected chi connectivity index (χ2v) is 5.12. The predicted octanol–water partition coefficient (Wildman–Crippen LogP) is 0.0469. The van der Waals surface area contributed by atoms with E-state index in [1.54, 1.807) is 18.2 Å². The summed E-state index contributed by atoms with van der Waals surface area (Å²) in [4.78, 5) is 35.2. The number of rotatable bonds is 3. The topological polar surface area (TPSA) is 110 Å². The molecule has 1 aliphatic rings. The summed E-state index contributed by atoms with van der Waals surface area (Å²) in [6.07, 6.45) is 1.12. The van der Waals surface area contributed by atoms with Crippen molar-refractivity contribution >= 4 is 17.7 Å². The molecule has 1 atom stereocenters. The number of nitrogens with one attached hydrogen (secondary N) is 3. The largest absolute Gasteiger partial charge is 0.480 e. The lowest BCUT2D eigenvalue weighted by Gasteiger charge is -2.12. The van der Waals surface area contributed by atoms with Crippen LogP contribution in [0.2, 0.25) is 0 Å². The molecule has 2 aromatic rings. The maximum absolute atomic E-state index is 12.0. The first kappa shape index (κ1) is 15.6. The van der Waals surface area contributed by atoms with Crippen LogP contribution >= 0.6 is 0 Å². The van der Waals surface area contributed by atoms with E-state index in [0.29, 0.717) is 17.9 Å². The molecule has 0 spiro atoms. The fourth-order valence-electron chi connectivity index (χ4n) is 2.24. The van der Waals surface area contributed by atoms with Gasteiger partial charge in [0.05, 0.1) is 12.8 Å². The normalized spacial score (nSPS) is 15.1. The lowest BCUT2D eigenvalue weighted by molar-refractivity contribution is -0.141. The van der Waals surface area contributed by atoms with Gasteiger partial charge in [-0.3, -0.25) is 25.2 Å². The van der Waals surface area contributed by atoms with Crippen molar-refractivity contribution < 1.29 is 23.5 Å². The first-order valence-electron chi connectivity index (χ1n) is 7.28. The summed E-state index contributed by atoms with van der Waals surface area (Å²) in [6, 6.07) is 10.6. The number of hydrogen-bond donors (Lipinski definition) is 3. The van der Waals surface area contributed by atoms with Gasteiger partial charge in [-0.05, 0) is 23.8 Å². The summed E-state index contributed by atoms with van der Waals surface area (Å²) in [5.41, 5.74) is 5.16. The third kappa shape index (κ3) is 3.54. The number of furan rings is 1. The summed E-state index contributed by atoms with van der Waals surface area (Å²) >= 11 is 0. The molecule has 1 aromatic heterocycles. The van der Waals surface area contributed by atoms with Crippen molar-refractivity contribution in [1.82, 2.24) is 16.2 Å². The molecule has 124 valence electrons. The highest BCUT2D eigenvalue weighted by Gasteiger charge is 2.29. The van der Waals surface area contributed by atoms with Gasteiger partial charge in [0, 0.05) is 6.42 Å². The molecule has 3 rings (SSSR count). The molecule has 8 heteroatoms. The van der Waals surface area contributed by atoms with Gasteiger partial charge in [-0.25, -0.2) is 0 Å². The second-order valence-electron chi connectivity index (χ2n) is 5.12. The Labute approximate surface area is 137 Å². The lowest BCUT2D eigenvalue weighted by atomic mass is 10.1. The molecule has 1 aliphatic heterocycles. The van der Waals surface area contributed by atoms with E-state index in [-0.39, 0.29) is 6.54 Å². The number of ether oxygens (including phenoxy) is 1. The fraction of sp³-hybridized carbons (Fsp3) is 0.188. The minimum Gasteiger partial charge on any atom is -0.480 e. The van der Waals surface area contributed by atoms with Crippen LogP contribution in [0.3, 0.4) is 0 Å². The Morgan fingerprint density at radius 3 is 2.62 bits per heavy atom. The number of hydrazine groups is 1. The van der Waals surface area contributed by atoms with E-state index in [1.165, 1.54) is 6.26 Å². The Bertz CT molecular complexity index is 732. The number of amides is 3. The summed E-state index contributed by atoms with van der Waals surface area (Å²) in [7, 11) is 0. The zero-order valence-electron chi connectivity index (χ0n) is 12.6. The summed E-state index contributed by atoms with van der Waals surface area (Å²) in [5, 5.41) is 2.36. The lowest BCUT2D eigenvalue weighted by Crippen LogP contribution is -2.51. The van der Waals surface area contributed by atoms with Gasteiger partial charge in [-0.15, -0.1) is 0 Å². The van der Waals surface area contributed by atoms with Crippen molar-refractivity contribution in [1.29, 1.82) is 0 Å². The van der Waals surface area contributed by atoms with Crippen LogP contribution in [0.25, 0.3) is 0 Å². The molecular weight excluding hydrogens is 314 g/mol. The van der Waals surface area contributed by atoms with Gasteiger partial charge < -0.3 is 14.5 Å². The average Bonchev–Trinajstić information content (AvgIpc) is 3.26. The standard InChI is InChI=1S/C16H15N3O5/c20-14(13-8-10-4-1-2-6-12(10)24-13)18-19-16(22)15(21)17-9-11-5-3-7-23-11/h1-7,13H,8-9H2,(H,17,21)(H,18,20)(H,19,22)/t13-/m0/s1. The number of benzene rings is 1.